The smallest absolute Gasteiger partial charge is 0.235 e. The standard InChI is InChI=1S/C15H18N2O2/c1-11-2-4-13(5-3-11)19-14(12-6-7-16-10-12)15-17-8-9-18-15/h2-5,8-9,12,14,16H,6-7,10H2,1H3/t12-,14+/m1/s1. The summed E-state index contributed by atoms with van der Waals surface area (Å²) in [5.41, 5.74) is 1.22. The summed E-state index contributed by atoms with van der Waals surface area (Å²) in [4.78, 5) is 4.26. The molecular weight excluding hydrogens is 240 g/mol. The van der Waals surface area contributed by atoms with Crippen LogP contribution in [0.25, 0.3) is 0 Å². The molecule has 3 rings (SSSR count). The van der Waals surface area contributed by atoms with Crippen molar-refractivity contribution < 1.29 is 9.15 Å². The number of nitrogens with zero attached hydrogens (tertiary/aromatic N) is 1. The summed E-state index contributed by atoms with van der Waals surface area (Å²) in [5.74, 6) is 1.93. The van der Waals surface area contributed by atoms with E-state index in [-0.39, 0.29) is 6.10 Å². The van der Waals surface area contributed by atoms with E-state index < -0.39 is 0 Å². The molecule has 0 saturated carbocycles. The first kappa shape index (κ1) is 12.2. The molecule has 0 radical (unpaired) electrons. The van der Waals surface area contributed by atoms with Crippen LogP contribution in [0.5, 0.6) is 5.75 Å². The van der Waals surface area contributed by atoms with Gasteiger partial charge in [0, 0.05) is 12.5 Å². The van der Waals surface area contributed by atoms with E-state index in [1.807, 2.05) is 12.1 Å². The first-order valence-corrected chi connectivity index (χ1v) is 6.66. The average molecular weight is 258 g/mol. The third-order valence-corrected chi connectivity index (χ3v) is 3.51. The molecule has 4 nitrogen and oxygen atoms in total. The van der Waals surface area contributed by atoms with Crippen molar-refractivity contribution in [3.05, 3.63) is 48.2 Å². The second-order valence-electron chi connectivity index (χ2n) is 4.97. The van der Waals surface area contributed by atoms with Crippen molar-refractivity contribution in [3.63, 3.8) is 0 Å². The molecule has 1 N–H and O–H groups in total. The van der Waals surface area contributed by atoms with Crippen molar-refractivity contribution in [1.29, 1.82) is 0 Å². The lowest BCUT2D eigenvalue weighted by Gasteiger charge is -2.21. The Bertz CT molecular complexity index is 501. The van der Waals surface area contributed by atoms with Gasteiger partial charge < -0.3 is 14.5 Å². The molecule has 2 atom stereocenters. The van der Waals surface area contributed by atoms with Crippen molar-refractivity contribution in [2.45, 2.75) is 19.4 Å². The Morgan fingerprint density at radius 2 is 2.21 bits per heavy atom. The van der Waals surface area contributed by atoms with Crippen LogP contribution in [-0.4, -0.2) is 18.1 Å². The van der Waals surface area contributed by atoms with Gasteiger partial charge in [0.25, 0.3) is 0 Å². The predicted octanol–water partition coefficient (Wildman–Crippen LogP) is 2.71. The van der Waals surface area contributed by atoms with Gasteiger partial charge in [-0.15, -0.1) is 0 Å². The fourth-order valence-corrected chi connectivity index (χ4v) is 2.42. The van der Waals surface area contributed by atoms with Crippen LogP contribution < -0.4 is 10.1 Å². The third-order valence-electron chi connectivity index (χ3n) is 3.51. The molecule has 0 unspecified atom stereocenters. The molecule has 0 bridgehead atoms. The summed E-state index contributed by atoms with van der Waals surface area (Å²) < 4.78 is 11.5. The third kappa shape index (κ3) is 2.79. The molecule has 1 aliphatic rings. The highest BCUT2D eigenvalue weighted by atomic mass is 16.5. The summed E-state index contributed by atoms with van der Waals surface area (Å²) in [5, 5.41) is 3.36. The van der Waals surface area contributed by atoms with E-state index in [4.69, 9.17) is 9.15 Å². The molecule has 100 valence electrons. The van der Waals surface area contributed by atoms with Crippen LogP contribution in [0.15, 0.2) is 41.1 Å². The monoisotopic (exact) mass is 258 g/mol. The summed E-state index contributed by atoms with van der Waals surface area (Å²) in [7, 11) is 0. The number of aryl methyl sites for hydroxylation is 1. The number of benzene rings is 1. The van der Waals surface area contributed by atoms with Gasteiger partial charge >= 0.3 is 0 Å². The quantitative estimate of drug-likeness (QED) is 0.916. The number of nitrogens with one attached hydrogen (secondary N) is 1. The number of hydrogen-bond donors (Lipinski definition) is 1. The molecule has 1 aliphatic heterocycles. The Labute approximate surface area is 112 Å². The first-order chi connectivity index (χ1) is 9.33. The van der Waals surface area contributed by atoms with Crippen LogP contribution in [0, 0.1) is 12.8 Å². The van der Waals surface area contributed by atoms with Crippen molar-refractivity contribution >= 4 is 0 Å². The molecule has 19 heavy (non-hydrogen) atoms. The van der Waals surface area contributed by atoms with Crippen LogP contribution in [0.1, 0.15) is 24.0 Å². The number of ether oxygens (including phenoxy) is 1. The zero-order valence-electron chi connectivity index (χ0n) is 11.0. The molecule has 4 heteroatoms. The van der Waals surface area contributed by atoms with E-state index in [1.165, 1.54) is 5.56 Å². The SMILES string of the molecule is Cc1ccc(O[C@H](c2ncco2)[C@@H]2CCNC2)cc1. The van der Waals surface area contributed by atoms with Crippen molar-refractivity contribution in [3.8, 4) is 5.75 Å². The zero-order chi connectivity index (χ0) is 13.1. The van der Waals surface area contributed by atoms with E-state index in [0.29, 0.717) is 11.8 Å². The summed E-state index contributed by atoms with van der Waals surface area (Å²) in [6.45, 7) is 4.04. The maximum absolute atomic E-state index is 6.10. The number of rotatable bonds is 4. The summed E-state index contributed by atoms with van der Waals surface area (Å²) in [6, 6.07) is 8.09. The zero-order valence-corrected chi connectivity index (χ0v) is 11.0. The highest BCUT2D eigenvalue weighted by Crippen LogP contribution is 2.31. The lowest BCUT2D eigenvalue weighted by atomic mass is 10.0. The molecule has 0 amide bonds. The summed E-state index contributed by atoms with van der Waals surface area (Å²) >= 11 is 0. The van der Waals surface area contributed by atoms with E-state index in [1.54, 1.807) is 12.5 Å². The topological polar surface area (TPSA) is 47.3 Å². The van der Waals surface area contributed by atoms with Crippen molar-refractivity contribution in [2.75, 3.05) is 13.1 Å². The van der Waals surface area contributed by atoms with E-state index in [0.717, 1.165) is 25.3 Å². The molecule has 0 aliphatic carbocycles. The van der Waals surface area contributed by atoms with Gasteiger partial charge in [-0.3, -0.25) is 0 Å². The largest absolute Gasteiger partial charge is 0.480 e. The Morgan fingerprint density at radius 1 is 1.37 bits per heavy atom. The minimum Gasteiger partial charge on any atom is -0.480 e. The Hall–Kier alpha value is -1.81. The number of aromatic nitrogens is 1. The molecule has 1 aromatic carbocycles. The van der Waals surface area contributed by atoms with E-state index in [9.17, 15) is 0 Å². The van der Waals surface area contributed by atoms with Gasteiger partial charge in [-0.05, 0) is 32.0 Å². The molecule has 1 fully saturated rings. The Kier molecular flexibility index (Phi) is 3.51. The highest BCUT2D eigenvalue weighted by molar-refractivity contribution is 5.26. The molecular formula is C15H18N2O2. The van der Waals surface area contributed by atoms with Crippen molar-refractivity contribution in [1.82, 2.24) is 10.3 Å². The molecule has 0 spiro atoms. The van der Waals surface area contributed by atoms with Gasteiger partial charge in [0.15, 0.2) is 6.10 Å². The van der Waals surface area contributed by atoms with Crippen LogP contribution >= 0.6 is 0 Å². The molecule has 2 heterocycles. The second-order valence-corrected chi connectivity index (χ2v) is 4.97. The lowest BCUT2D eigenvalue weighted by molar-refractivity contribution is 0.114. The maximum Gasteiger partial charge on any atom is 0.235 e. The molecule has 2 aromatic rings. The molecule has 1 saturated heterocycles. The van der Waals surface area contributed by atoms with Crippen LogP contribution in [0.2, 0.25) is 0 Å². The second kappa shape index (κ2) is 5.45. The van der Waals surface area contributed by atoms with Gasteiger partial charge in [0.2, 0.25) is 5.89 Å². The fourth-order valence-electron chi connectivity index (χ4n) is 2.42. The fraction of sp³-hybridized carbons (Fsp3) is 0.400. The van der Waals surface area contributed by atoms with Crippen LogP contribution in [0.4, 0.5) is 0 Å². The minimum atomic E-state index is -0.118. The Morgan fingerprint density at radius 3 is 2.84 bits per heavy atom. The van der Waals surface area contributed by atoms with Gasteiger partial charge in [0.1, 0.15) is 12.0 Å². The van der Waals surface area contributed by atoms with Gasteiger partial charge in [-0.2, -0.15) is 0 Å². The predicted molar refractivity (Wildman–Crippen MR) is 72.0 cm³/mol. The average Bonchev–Trinajstić information content (AvgIpc) is 3.11. The maximum atomic E-state index is 6.10. The van der Waals surface area contributed by atoms with E-state index in [2.05, 4.69) is 29.4 Å². The minimum absolute atomic E-state index is 0.118. The normalized spacial score (nSPS) is 20.4. The summed E-state index contributed by atoms with van der Waals surface area (Å²) in [6.07, 6.45) is 4.23. The van der Waals surface area contributed by atoms with Crippen LogP contribution in [0.3, 0.4) is 0 Å². The Balaban J connectivity index is 1.81. The van der Waals surface area contributed by atoms with Crippen molar-refractivity contribution in [2.24, 2.45) is 5.92 Å². The number of oxazole rings is 1. The lowest BCUT2D eigenvalue weighted by Crippen LogP contribution is -2.21. The number of hydrogen-bond acceptors (Lipinski definition) is 4. The van der Waals surface area contributed by atoms with Gasteiger partial charge in [0.05, 0.1) is 6.20 Å². The van der Waals surface area contributed by atoms with Crippen LogP contribution in [-0.2, 0) is 0 Å². The van der Waals surface area contributed by atoms with Gasteiger partial charge in [-0.25, -0.2) is 4.98 Å². The molecule has 1 aromatic heterocycles. The first-order valence-electron chi connectivity index (χ1n) is 6.66. The highest BCUT2D eigenvalue weighted by Gasteiger charge is 2.31. The van der Waals surface area contributed by atoms with E-state index >= 15 is 0 Å². The van der Waals surface area contributed by atoms with Gasteiger partial charge in [-0.1, -0.05) is 17.7 Å².